The van der Waals surface area contributed by atoms with Crippen LogP contribution in [0.15, 0.2) is 18.2 Å². The van der Waals surface area contributed by atoms with E-state index in [9.17, 15) is 9.50 Å². The molecule has 94 valence electrons. The lowest BCUT2D eigenvalue weighted by Gasteiger charge is -2.25. The zero-order valence-corrected chi connectivity index (χ0v) is 9.86. The Morgan fingerprint density at radius 2 is 2.35 bits per heavy atom. The fourth-order valence-corrected chi connectivity index (χ4v) is 1.94. The van der Waals surface area contributed by atoms with Crippen LogP contribution in [0, 0.1) is 5.82 Å². The van der Waals surface area contributed by atoms with Crippen molar-refractivity contribution in [2.75, 3.05) is 13.2 Å². The largest absolute Gasteiger partial charge is 0.488 e. The normalized spacial score (nSPS) is 22.2. The molecule has 2 rings (SSSR count). The SMILES string of the molecule is C[C@@H](O)c1cc(F)ccc1OC1CCCOC1. The fraction of sp³-hybridized carbons (Fsp3) is 0.538. The summed E-state index contributed by atoms with van der Waals surface area (Å²) in [6, 6.07) is 4.21. The molecule has 1 aliphatic heterocycles. The lowest BCUT2D eigenvalue weighted by molar-refractivity contribution is 0.00609. The second-order valence-electron chi connectivity index (χ2n) is 4.32. The van der Waals surface area contributed by atoms with Crippen LogP contribution in [0.25, 0.3) is 0 Å². The highest BCUT2D eigenvalue weighted by molar-refractivity contribution is 5.35. The van der Waals surface area contributed by atoms with Gasteiger partial charge >= 0.3 is 0 Å². The molecule has 0 amide bonds. The highest BCUT2D eigenvalue weighted by Crippen LogP contribution is 2.28. The second kappa shape index (κ2) is 5.47. The van der Waals surface area contributed by atoms with Gasteiger partial charge in [-0.15, -0.1) is 0 Å². The Balaban J connectivity index is 2.13. The summed E-state index contributed by atoms with van der Waals surface area (Å²) < 4.78 is 24.2. The third-order valence-electron chi connectivity index (χ3n) is 2.83. The maximum Gasteiger partial charge on any atom is 0.125 e. The topological polar surface area (TPSA) is 38.7 Å². The maximum absolute atomic E-state index is 13.1. The standard InChI is InChI=1S/C13H17FO3/c1-9(15)12-7-10(14)4-5-13(12)17-11-3-2-6-16-8-11/h4-5,7,9,11,15H,2-3,6,8H2,1H3/t9-,11?/m1/s1. The average Bonchev–Trinajstić information content (AvgIpc) is 2.32. The smallest absolute Gasteiger partial charge is 0.125 e. The van der Waals surface area contributed by atoms with Crippen LogP contribution in [0.3, 0.4) is 0 Å². The molecule has 1 unspecified atom stereocenters. The molecule has 1 heterocycles. The molecule has 1 aliphatic rings. The minimum Gasteiger partial charge on any atom is -0.488 e. The first kappa shape index (κ1) is 12.3. The molecular formula is C13H17FO3. The zero-order chi connectivity index (χ0) is 12.3. The van der Waals surface area contributed by atoms with Gasteiger partial charge in [0.15, 0.2) is 0 Å². The molecule has 0 saturated carbocycles. The van der Waals surface area contributed by atoms with Gasteiger partial charge in [-0.05, 0) is 38.0 Å². The van der Waals surface area contributed by atoms with Crippen LogP contribution in [-0.2, 0) is 4.74 Å². The van der Waals surface area contributed by atoms with Gasteiger partial charge in [-0.2, -0.15) is 0 Å². The molecule has 17 heavy (non-hydrogen) atoms. The number of aliphatic hydroxyl groups excluding tert-OH is 1. The number of hydrogen-bond donors (Lipinski definition) is 1. The minimum absolute atomic E-state index is 0.00767. The number of halogens is 1. The number of aliphatic hydroxyl groups is 1. The monoisotopic (exact) mass is 240 g/mol. The third-order valence-corrected chi connectivity index (χ3v) is 2.83. The van der Waals surface area contributed by atoms with Crippen molar-refractivity contribution in [3.05, 3.63) is 29.6 Å². The predicted octanol–water partition coefficient (Wildman–Crippen LogP) is 2.44. The highest BCUT2D eigenvalue weighted by Gasteiger charge is 2.18. The number of hydrogen-bond acceptors (Lipinski definition) is 3. The van der Waals surface area contributed by atoms with E-state index in [1.165, 1.54) is 12.1 Å². The van der Waals surface area contributed by atoms with Crippen molar-refractivity contribution in [1.82, 2.24) is 0 Å². The molecule has 0 aliphatic carbocycles. The van der Waals surface area contributed by atoms with E-state index in [1.54, 1.807) is 13.0 Å². The molecule has 0 spiro atoms. The second-order valence-corrected chi connectivity index (χ2v) is 4.32. The summed E-state index contributed by atoms with van der Waals surface area (Å²) in [4.78, 5) is 0. The van der Waals surface area contributed by atoms with Gasteiger partial charge in [0, 0.05) is 12.2 Å². The lowest BCUT2D eigenvalue weighted by Crippen LogP contribution is -2.28. The van der Waals surface area contributed by atoms with Gasteiger partial charge in [0.25, 0.3) is 0 Å². The molecule has 1 fully saturated rings. The van der Waals surface area contributed by atoms with E-state index in [-0.39, 0.29) is 11.9 Å². The van der Waals surface area contributed by atoms with Crippen LogP contribution in [0.4, 0.5) is 4.39 Å². The first-order valence-corrected chi connectivity index (χ1v) is 5.88. The summed E-state index contributed by atoms with van der Waals surface area (Å²) in [7, 11) is 0. The van der Waals surface area contributed by atoms with Gasteiger partial charge in [0.2, 0.25) is 0 Å². The van der Waals surface area contributed by atoms with Crippen molar-refractivity contribution in [1.29, 1.82) is 0 Å². The minimum atomic E-state index is -0.745. The predicted molar refractivity (Wildman–Crippen MR) is 61.5 cm³/mol. The Bertz CT molecular complexity index is 373. The van der Waals surface area contributed by atoms with Crippen LogP contribution in [0.5, 0.6) is 5.75 Å². The molecule has 1 aromatic rings. The molecule has 0 aromatic heterocycles. The van der Waals surface area contributed by atoms with E-state index < -0.39 is 6.10 Å². The van der Waals surface area contributed by atoms with E-state index in [4.69, 9.17) is 9.47 Å². The Hall–Kier alpha value is -1.13. The summed E-state index contributed by atoms with van der Waals surface area (Å²) in [6.45, 7) is 2.92. The van der Waals surface area contributed by atoms with Gasteiger partial charge < -0.3 is 14.6 Å². The first-order chi connectivity index (χ1) is 8.16. The van der Waals surface area contributed by atoms with Gasteiger partial charge in [-0.3, -0.25) is 0 Å². The first-order valence-electron chi connectivity index (χ1n) is 5.88. The van der Waals surface area contributed by atoms with Crippen LogP contribution in [0.1, 0.15) is 31.4 Å². The third kappa shape index (κ3) is 3.17. The maximum atomic E-state index is 13.1. The molecule has 0 bridgehead atoms. The summed E-state index contributed by atoms with van der Waals surface area (Å²) in [5, 5.41) is 9.58. The molecule has 1 N–H and O–H groups in total. The van der Waals surface area contributed by atoms with Crippen molar-refractivity contribution in [2.45, 2.75) is 32.0 Å². The quantitative estimate of drug-likeness (QED) is 0.882. The molecule has 1 aromatic carbocycles. The molecule has 4 heteroatoms. The lowest BCUT2D eigenvalue weighted by atomic mass is 10.1. The van der Waals surface area contributed by atoms with Gasteiger partial charge in [0.1, 0.15) is 17.7 Å². The molecule has 2 atom stereocenters. The van der Waals surface area contributed by atoms with Crippen molar-refractivity contribution in [2.24, 2.45) is 0 Å². The van der Waals surface area contributed by atoms with E-state index in [2.05, 4.69) is 0 Å². The Morgan fingerprint density at radius 1 is 1.53 bits per heavy atom. The molecule has 1 saturated heterocycles. The van der Waals surface area contributed by atoms with E-state index in [1.807, 2.05) is 0 Å². The zero-order valence-electron chi connectivity index (χ0n) is 9.86. The summed E-state index contributed by atoms with van der Waals surface area (Å²) >= 11 is 0. The number of benzene rings is 1. The van der Waals surface area contributed by atoms with Crippen molar-refractivity contribution < 1.29 is 19.0 Å². The Kier molecular flexibility index (Phi) is 3.97. The summed E-state index contributed by atoms with van der Waals surface area (Å²) in [6.07, 6.45) is 1.14. The average molecular weight is 240 g/mol. The molecule has 3 nitrogen and oxygen atoms in total. The summed E-state index contributed by atoms with van der Waals surface area (Å²) in [5.74, 6) is 0.171. The van der Waals surface area contributed by atoms with Gasteiger partial charge in [-0.25, -0.2) is 4.39 Å². The van der Waals surface area contributed by atoms with Crippen LogP contribution < -0.4 is 4.74 Å². The highest BCUT2D eigenvalue weighted by atomic mass is 19.1. The van der Waals surface area contributed by atoms with Gasteiger partial charge in [0.05, 0.1) is 12.7 Å². The number of ether oxygens (including phenoxy) is 2. The van der Waals surface area contributed by atoms with Crippen molar-refractivity contribution in [3.63, 3.8) is 0 Å². The van der Waals surface area contributed by atoms with Crippen molar-refractivity contribution in [3.8, 4) is 5.75 Å². The summed E-state index contributed by atoms with van der Waals surface area (Å²) in [5.41, 5.74) is 0.482. The van der Waals surface area contributed by atoms with Gasteiger partial charge in [-0.1, -0.05) is 0 Å². The van der Waals surface area contributed by atoms with E-state index in [0.717, 1.165) is 19.4 Å². The van der Waals surface area contributed by atoms with E-state index >= 15 is 0 Å². The van der Waals surface area contributed by atoms with Crippen LogP contribution in [0.2, 0.25) is 0 Å². The molecule has 0 radical (unpaired) electrons. The van der Waals surface area contributed by atoms with E-state index in [0.29, 0.717) is 17.9 Å². The van der Waals surface area contributed by atoms with Crippen LogP contribution >= 0.6 is 0 Å². The Labute approximate surface area is 100 Å². The van der Waals surface area contributed by atoms with Crippen molar-refractivity contribution >= 4 is 0 Å². The van der Waals surface area contributed by atoms with Crippen LogP contribution in [-0.4, -0.2) is 24.4 Å². The Morgan fingerprint density at radius 3 is 3.00 bits per heavy atom. The fourth-order valence-electron chi connectivity index (χ4n) is 1.94. The molecular weight excluding hydrogens is 223 g/mol. The number of rotatable bonds is 3.